The van der Waals surface area contributed by atoms with E-state index in [1.54, 1.807) is 0 Å². The summed E-state index contributed by atoms with van der Waals surface area (Å²) in [7, 11) is 0. The van der Waals surface area contributed by atoms with Crippen LogP contribution in [0, 0.1) is 0 Å². The maximum atomic E-state index is 12.0. The van der Waals surface area contributed by atoms with E-state index in [2.05, 4.69) is 121 Å². The molecule has 0 radical (unpaired) electrons. The van der Waals surface area contributed by atoms with Crippen molar-refractivity contribution < 1.29 is 19.4 Å². The average Bonchev–Trinajstić information content (AvgIpc) is 3.19. The van der Waals surface area contributed by atoms with Gasteiger partial charge in [0.1, 0.15) is 0 Å². The first kappa shape index (κ1) is 40.6. The van der Waals surface area contributed by atoms with Crippen LogP contribution >= 0.6 is 0 Å². The summed E-state index contributed by atoms with van der Waals surface area (Å²) in [6.45, 7) is 0. The van der Waals surface area contributed by atoms with Gasteiger partial charge in [0.05, 0.1) is 12.8 Å². The molecule has 4 rings (SSSR count). The molecule has 4 nitrogen and oxygen atoms in total. The molecule has 0 atom stereocenters. The van der Waals surface area contributed by atoms with E-state index in [1.165, 1.54) is 99.3 Å². The first-order chi connectivity index (χ1) is 25.7. The van der Waals surface area contributed by atoms with Crippen LogP contribution in [-0.2, 0) is 19.4 Å². The van der Waals surface area contributed by atoms with E-state index in [-0.39, 0.29) is 0 Å². The number of benzene rings is 4. The van der Waals surface area contributed by atoms with Crippen LogP contribution in [0.15, 0.2) is 121 Å². The van der Waals surface area contributed by atoms with E-state index in [0.29, 0.717) is 24.7 Å². The SMILES string of the molecule is O=C(CCCCCCCCCCC(c1ccccc1)c1ccccc1)OOC(=O)CCCCCCCCCCC(c1ccccc1)c1ccccc1. The maximum Gasteiger partial charge on any atom is 0.355 e. The monoisotopic (exact) mass is 702 g/mol. The number of hydrogen-bond donors (Lipinski definition) is 0. The van der Waals surface area contributed by atoms with E-state index in [1.807, 2.05) is 0 Å². The number of carbonyl (C=O) groups excluding carboxylic acids is 2. The number of hydrogen-bond acceptors (Lipinski definition) is 4. The lowest BCUT2D eigenvalue weighted by Crippen LogP contribution is -2.11. The standard InChI is InChI=1S/C48H62O4/c49-47(39-27-11-7-3-1-5-9-25-37-45(41-29-17-13-18-30-41)42-31-19-14-20-32-42)51-52-48(50)40-28-12-8-4-2-6-10-26-38-46(43-33-21-15-22-34-43)44-35-23-16-24-36-44/h13-24,29-36,45-46H,1-12,25-28,37-40H2. The molecule has 0 saturated heterocycles. The van der Waals surface area contributed by atoms with Crippen LogP contribution in [0.4, 0.5) is 0 Å². The third-order valence-electron chi connectivity index (χ3n) is 10.3. The van der Waals surface area contributed by atoms with Gasteiger partial charge >= 0.3 is 11.9 Å². The van der Waals surface area contributed by atoms with Crippen molar-refractivity contribution in [3.63, 3.8) is 0 Å². The normalized spacial score (nSPS) is 11.2. The molecule has 52 heavy (non-hydrogen) atoms. The van der Waals surface area contributed by atoms with Crippen molar-refractivity contribution in [3.8, 4) is 0 Å². The molecule has 0 aromatic heterocycles. The molecule has 0 amide bonds. The Morgan fingerprint density at radius 1 is 0.327 bits per heavy atom. The van der Waals surface area contributed by atoms with Gasteiger partial charge in [-0.2, -0.15) is 0 Å². The minimum Gasteiger partial charge on any atom is -0.247 e. The highest BCUT2D eigenvalue weighted by Gasteiger charge is 2.15. The minimum atomic E-state index is -0.446. The smallest absolute Gasteiger partial charge is 0.247 e. The van der Waals surface area contributed by atoms with Gasteiger partial charge in [0.15, 0.2) is 0 Å². The number of rotatable bonds is 26. The predicted molar refractivity (Wildman–Crippen MR) is 214 cm³/mol. The van der Waals surface area contributed by atoms with Crippen molar-refractivity contribution in [3.05, 3.63) is 144 Å². The van der Waals surface area contributed by atoms with Gasteiger partial charge in [-0.05, 0) is 47.9 Å². The zero-order valence-electron chi connectivity index (χ0n) is 31.5. The van der Waals surface area contributed by atoms with Crippen LogP contribution < -0.4 is 0 Å². The predicted octanol–water partition coefficient (Wildman–Crippen LogP) is 13.5. The maximum absolute atomic E-state index is 12.0. The van der Waals surface area contributed by atoms with Crippen LogP contribution in [-0.4, -0.2) is 11.9 Å². The first-order valence-corrected chi connectivity index (χ1v) is 20.3. The van der Waals surface area contributed by atoms with Gasteiger partial charge in [0, 0.05) is 11.8 Å². The molecule has 0 unspecified atom stereocenters. The van der Waals surface area contributed by atoms with Crippen molar-refractivity contribution in [2.24, 2.45) is 0 Å². The summed E-state index contributed by atoms with van der Waals surface area (Å²) in [5, 5.41) is 0. The molecular weight excluding hydrogens is 641 g/mol. The quantitative estimate of drug-likeness (QED) is 0.0371. The first-order valence-electron chi connectivity index (χ1n) is 20.3. The van der Waals surface area contributed by atoms with Gasteiger partial charge in [-0.15, -0.1) is 0 Å². The molecule has 0 spiro atoms. The fourth-order valence-corrected chi connectivity index (χ4v) is 7.33. The summed E-state index contributed by atoms with van der Waals surface area (Å²) < 4.78 is 0. The minimum absolute atomic E-state index is 0.298. The Morgan fingerprint density at radius 2 is 0.558 bits per heavy atom. The zero-order chi connectivity index (χ0) is 36.3. The lowest BCUT2D eigenvalue weighted by atomic mass is 9.87. The van der Waals surface area contributed by atoms with Crippen molar-refractivity contribution in [2.75, 3.05) is 0 Å². The highest BCUT2D eigenvalue weighted by Crippen LogP contribution is 2.31. The molecule has 0 saturated carbocycles. The Labute approximate surface area is 314 Å². The van der Waals surface area contributed by atoms with Crippen LogP contribution in [0.5, 0.6) is 0 Å². The Bertz CT molecular complexity index is 1280. The summed E-state index contributed by atoms with van der Waals surface area (Å²) in [6, 6.07) is 43.4. The molecule has 0 aliphatic carbocycles. The molecule has 278 valence electrons. The summed E-state index contributed by atoms with van der Waals surface area (Å²) in [6.07, 6.45) is 21.0. The van der Waals surface area contributed by atoms with E-state index >= 15 is 0 Å². The number of carbonyl (C=O) groups is 2. The van der Waals surface area contributed by atoms with Gasteiger partial charge < -0.3 is 0 Å². The van der Waals surface area contributed by atoms with Gasteiger partial charge in [-0.25, -0.2) is 19.4 Å². The van der Waals surface area contributed by atoms with Crippen molar-refractivity contribution in [1.29, 1.82) is 0 Å². The molecule has 4 aromatic carbocycles. The average molecular weight is 703 g/mol. The summed E-state index contributed by atoms with van der Waals surface area (Å²) in [5.41, 5.74) is 5.60. The van der Waals surface area contributed by atoms with Gasteiger partial charge in [0.25, 0.3) is 0 Å². The summed E-state index contributed by atoms with van der Waals surface area (Å²) in [5.74, 6) is 0.0302. The zero-order valence-corrected chi connectivity index (χ0v) is 31.5. The molecule has 0 fully saturated rings. The Morgan fingerprint density at radius 3 is 0.827 bits per heavy atom. The molecule has 0 bridgehead atoms. The van der Waals surface area contributed by atoms with E-state index in [4.69, 9.17) is 9.78 Å². The molecule has 4 aromatic rings. The number of unbranched alkanes of at least 4 members (excludes halogenated alkanes) is 14. The van der Waals surface area contributed by atoms with Gasteiger partial charge in [0.2, 0.25) is 0 Å². The van der Waals surface area contributed by atoms with Gasteiger partial charge in [-0.3, -0.25) is 0 Å². The topological polar surface area (TPSA) is 52.6 Å². The molecule has 0 heterocycles. The molecular formula is C48H62O4. The molecule has 0 aliphatic heterocycles. The second kappa shape index (κ2) is 25.7. The van der Waals surface area contributed by atoms with Crippen molar-refractivity contribution in [2.45, 2.75) is 140 Å². The molecule has 0 N–H and O–H groups in total. The Hall–Kier alpha value is -4.18. The second-order valence-corrected chi connectivity index (χ2v) is 14.4. The summed E-state index contributed by atoms with van der Waals surface area (Å²) >= 11 is 0. The largest absolute Gasteiger partial charge is 0.355 e. The van der Waals surface area contributed by atoms with Crippen molar-refractivity contribution >= 4 is 11.9 Å². The van der Waals surface area contributed by atoms with E-state index in [0.717, 1.165) is 38.5 Å². The Kier molecular flexibility index (Phi) is 20.1. The third kappa shape index (κ3) is 16.4. The highest BCUT2D eigenvalue weighted by molar-refractivity contribution is 5.72. The van der Waals surface area contributed by atoms with Crippen LogP contribution in [0.1, 0.15) is 163 Å². The molecule has 0 aliphatic rings. The van der Waals surface area contributed by atoms with Crippen LogP contribution in [0.3, 0.4) is 0 Å². The van der Waals surface area contributed by atoms with Crippen molar-refractivity contribution in [1.82, 2.24) is 0 Å². The lowest BCUT2D eigenvalue weighted by Gasteiger charge is -2.18. The van der Waals surface area contributed by atoms with E-state index in [9.17, 15) is 9.59 Å². The summed E-state index contributed by atoms with van der Waals surface area (Å²) in [4.78, 5) is 33.6. The fraction of sp³-hybridized carbons (Fsp3) is 0.458. The van der Waals surface area contributed by atoms with E-state index < -0.39 is 11.9 Å². The molecule has 4 heteroatoms. The fourth-order valence-electron chi connectivity index (χ4n) is 7.33. The Balaban J connectivity index is 0.915. The van der Waals surface area contributed by atoms with Crippen LogP contribution in [0.25, 0.3) is 0 Å². The third-order valence-corrected chi connectivity index (χ3v) is 10.3. The van der Waals surface area contributed by atoms with Gasteiger partial charge in [-0.1, -0.05) is 211 Å². The second-order valence-electron chi connectivity index (χ2n) is 14.4. The lowest BCUT2D eigenvalue weighted by molar-refractivity contribution is -0.259. The highest BCUT2D eigenvalue weighted by atomic mass is 17.2. The van der Waals surface area contributed by atoms with Crippen LogP contribution in [0.2, 0.25) is 0 Å².